The van der Waals surface area contributed by atoms with Crippen molar-refractivity contribution >= 4 is 11.6 Å². The van der Waals surface area contributed by atoms with E-state index in [1.807, 2.05) is 32.3 Å². The number of hydrogen-bond donors (Lipinski definition) is 1. The Kier molecular flexibility index (Phi) is 3.50. The Morgan fingerprint density at radius 3 is 2.88 bits per heavy atom. The van der Waals surface area contributed by atoms with Crippen LogP contribution in [0.1, 0.15) is 29.8 Å². The standard InChI is InChI=1S/C13H15ClN2O/c1-3-12-11(8-16(2)15-12)13(17)9-5-4-6-10(14)7-9/h4-8,13,17H,3H2,1-2H3. The van der Waals surface area contributed by atoms with Gasteiger partial charge in [-0.1, -0.05) is 30.7 Å². The quantitative estimate of drug-likeness (QED) is 0.910. The fourth-order valence-corrected chi connectivity index (χ4v) is 2.11. The molecule has 0 bridgehead atoms. The fourth-order valence-electron chi connectivity index (χ4n) is 1.91. The van der Waals surface area contributed by atoms with Crippen LogP contribution >= 0.6 is 11.6 Å². The Bertz CT molecular complexity index is 522. The Morgan fingerprint density at radius 1 is 1.47 bits per heavy atom. The number of rotatable bonds is 3. The summed E-state index contributed by atoms with van der Waals surface area (Å²) in [6.07, 6.45) is 1.98. The first-order valence-corrected chi connectivity index (χ1v) is 5.95. The molecule has 0 aliphatic heterocycles. The Balaban J connectivity index is 2.39. The molecule has 0 amide bonds. The van der Waals surface area contributed by atoms with E-state index in [0.717, 1.165) is 23.2 Å². The fraction of sp³-hybridized carbons (Fsp3) is 0.308. The van der Waals surface area contributed by atoms with Crippen LogP contribution in [0.3, 0.4) is 0 Å². The van der Waals surface area contributed by atoms with Gasteiger partial charge in [0, 0.05) is 23.8 Å². The molecule has 0 aliphatic rings. The van der Waals surface area contributed by atoms with Crippen molar-refractivity contribution in [2.24, 2.45) is 7.05 Å². The predicted molar refractivity (Wildman–Crippen MR) is 68.1 cm³/mol. The van der Waals surface area contributed by atoms with Crippen molar-refractivity contribution in [2.75, 3.05) is 0 Å². The van der Waals surface area contributed by atoms with Crippen LogP contribution in [0.4, 0.5) is 0 Å². The zero-order valence-electron chi connectivity index (χ0n) is 9.89. The number of benzene rings is 1. The monoisotopic (exact) mass is 250 g/mol. The highest BCUT2D eigenvalue weighted by Gasteiger charge is 2.17. The number of aryl methyl sites for hydroxylation is 2. The van der Waals surface area contributed by atoms with Crippen LogP contribution in [0.25, 0.3) is 0 Å². The minimum atomic E-state index is -0.669. The van der Waals surface area contributed by atoms with Crippen molar-refractivity contribution in [2.45, 2.75) is 19.4 Å². The summed E-state index contributed by atoms with van der Waals surface area (Å²) in [5.74, 6) is 0. The number of nitrogens with zero attached hydrogens (tertiary/aromatic N) is 2. The molecule has 3 nitrogen and oxygen atoms in total. The molecular weight excluding hydrogens is 236 g/mol. The summed E-state index contributed by atoms with van der Waals surface area (Å²) in [6.45, 7) is 2.02. The first-order chi connectivity index (χ1) is 8.11. The molecule has 0 saturated heterocycles. The van der Waals surface area contributed by atoms with Crippen molar-refractivity contribution in [1.29, 1.82) is 0 Å². The summed E-state index contributed by atoms with van der Waals surface area (Å²) < 4.78 is 1.72. The highest BCUT2D eigenvalue weighted by Crippen LogP contribution is 2.26. The molecule has 0 aliphatic carbocycles. The van der Waals surface area contributed by atoms with E-state index < -0.39 is 6.10 Å². The Morgan fingerprint density at radius 2 is 2.24 bits per heavy atom. The molecule has 1 aromatic carbocycles. The zero-order valence-corrected chi connectivity index (χ0v) is 10.6. The van der Waals surface area contributed by atoms with E-state index in [9.17, 15) is 5.11 Å². The zero-order chi connectivity index (χ0) is 12.4. The van der Waals surface area contributed by atoms with Gasteiger partial charge in [0.1, 0.15) is 6.10 Å². The topological polar surface area (TPSA) is 38.0 Å². The van der Waals surface area contributed by atoms with Crippen LogP contribution < -0.4 is 0 Å². The molecule has 90 valence electrons. The molecule has 0 spiro atoms. The Labute approximate surface area is 106 Å². The van der Waals surface area contributed by atoms with Crippen molar-refractivity contribution < 1.29 is 5.11 Å². The largest absolute Gasteiger partial charge is 0.384 e. The van der Waals surface area contributed by atoms with Gasteiger partial charge in [-0.2, -0.15) is 5.10 Å². The van der Waals surface area contributed by atoms with E-state index in [2.05, 4.69) is 5.10 Å². The molecule has 1 heterocycles. The minimum Gasteiger partial charge on any atom is -0.384 e. The summed E-state index contributed by atoms with van der Waals surface area (Å²) in [5, 5.41) is 15.3. The van der Waals surface area contributed by atoms with Crippen LogP contribution in [-0.4, -0.2) is 14.9 Å². The summed E-state index contributed by atoms with van der Waals surface area (Å²) in [7, 11) is 1.85. The number of aromatic nitrogens is 2. The van der Waals surface area contributed by atoms with Gasteiger partial charge >= 0.3 is 0 Å². The van der Waals surface area contributed by atoms with Crippen molar-refractivity contribution in [3.05, 3.63) is 52.3 Å². The summed E-state index contributed by atoms with van der Waals surface area (Å²) in [4.78, 5) is 0. The van der Waals surface area contributed by atoms with Crippen LogP contribution in [-0.2, 0) is 13.5 Å². The van der Waals surface area contributed by atoms with E-state index in [1.165, 1.54) is 0 Å². The third-order valence-electron chi connectivity index (χ3n) is 2.73. The number of aliphatic hydroxyl groups is 1. The maximum absolute atomic E-state index is 10.3. The highest BCUT2D eigenvalue weighted by molar-refractivity contribution is 6.30. The van der Waals surface area contributed by atoms with Crippen molar-refractivity contribution in [1.82, 2.24) is 9.78 Å². The van der Waals surface area contributed by atoms with Crippen LogP contribution in [0.2, 0.25) is 5.02 Å². The number of aliphatic hydroxyl groups excluding tert-OH is 1. The second kappa shape index (κ2) is 4.90. The highest BCUT2D eigenvalue weighted by atomic mass is 35.5. The van der Waals surface area contributed by atoms with Gasteiger partial charge in [0.2, 0.25) is 0 Å². The molecule has 2 rings (SSSR count). The molecule has 0 radical (unpaired) electrons. The maximum atomic E-state index is 10.3. The van der Waals surface area contributed by atoms with E-state index in [1.54, 1.807) is 16.8 Å². The second-order valence-corrected chi connectivity index (χ2v) is 4.45. The molecule has 1 atom stereocenters. The minimum absolute atomic E-state index is 0.628. The van der Waals surface area contributed by atoms with Gasteiger partial charge in [0.15, 0.2) is 0 Å². The van der Waals surface area contributed by atoms with Crippen molar-refractivity contribution in [3.8, 4) is 0 Å². The lowest BCUT2D eigenvalue weighted by Crippen LogP contribution is -2.01. The Hall–Kier alpha value is -1.32. The number of hydrogen-bond acceptors (Lipinski definition) is 2. The van der Waals surface area contributed by atoms with E-state index in [0.29, 0.717) is 5.02 Å². The van der Waals surface area contributed by atoms with Gasteiger partial charge < -0.3 is 5.11 Å². The molecule has 1 N–H and O–H groups in total. The van der Waals surface area contributed by atoms with Crippen LogP contribution in [0.15, 0.2) is 30.5 Å². The van der Waals surface area contributed by atoms with Crippen molar-refractivity contribution in [3.63, 3.8) is 0 Å². The average molecular weight is 251 g/mol. The first kappa shape index (κ1) is 12.1. The van der Waals surface area contributed by atoms with E-state index >= 15 is 0 Å². The smallest absolute Gasteiger partial charge is 0.107 e. The SMILES string of the molecule is CCc1nn(C)cc1C(O)c1cccc(Cl)c1. The summed E-state index contributed by atoms with van der Waals surface area (Å²) in [6, 6.07) is 7.27. The molecule has 4 heteroatoms. The first-order valence-electron chi connectivity index (χ1n) is 5.57. The summed E-state index contributed by atoms with van der Waals surface area (Å²) in [5.41, 5.74) is 2.55. The third-order valence-corrected chi connectivity index (χ3v) is 2.97. The molecule has 1 aromatic heterocycles. The molecule has 17 heavy (non-hydrogen) atoms. The van der Waals surface area contributed by atoms with Crippen LogP contribution in [0.5, 0.6) is 0 Å². The average Bonchev–Trinajstić information content (AvgIpc) is 2.69. The normalized spacial score (nSPS) is 12.7. The van der Waals surface area contributed by atoms with Gasteiger partial charge in [0.05, 0.1) is 5.69 Å². The maximum Gasteiger partial charge on any atom is 0.107 e. The lowest BCUT2D eigenvalue weighted by Gasteiger charge is -2.10. The van der Waals surface area contributed by atoms with Crippen LogP contribution in [0, 0.1) is 0 Å². The predicted octanol–water partition coefficient (Wildman–Crippen LogP) is 2.72. The van der Waals surface area contributed by atoms with Gasteiger partial charge in [-0.3, -0.25) is 4.68 Å². The van der Waals surface area contributed by atoms with Gasteiger partial charge in [0.25, 0.3) is 0 Å². The van der Waals surface area contributed by atoms with E-state index in [-0.39, 0.29) is 0 Å². The van der Waals surface area contributed by atoms with Gasteiger partial charge in [-0.05, 0) is 24.1 Å². The lowest BCUT2D eigenvalue weighted by molar-refractivity contribution is 0.219. The molecular formula is C13H15ClN2O. The molecule has 1 unspecified atom stereocenters. The molecule has 0 fully saturated rings. The van der Waals surface area contributed by atoms with Gasteiger partial charge in [-0.15, -0.1) is 0 Å². The molecule has 2 aromatic rings. The third kappa shape index (κ3) is 2.51. The molecule has 0 saturated carbocycles. The second-order valence-electron chi connectivity index (χ2n) is 4.02. The lowest BCUT2D eigenvalue weighted by atomic mass is 10.0. The number of halogens is 1. The summed E-state index contributed by atoms with van der Waals surface area (Å²) >= 11 is 5.92. The van der Waals surface area contributed by atoms with Gasteiger partial charge in [-0.25, -0.2) is 0 Å². The van der Waals surface area contributed by atoms with E-state index in [4.69, 9.17) is 11.6 Å².